The average molecular weight is 274 g/mol. The molecule has 0 aliphatic carbocycles. The van der Waals surface area contributed by atoms with E-state index in [1.54, 1.807) is 10.7 Å². The first-order valence-corrected chi connectivity index (χ1v) is 6.84. The van der Waals surface area contributed by atoms with Crippen molar-refractivity contribution in [3.05, 3.63) is 36.2 Å². The van der Waals surface area contributed by atoms with Crippen molar-refractivity contribution in [2.75, 3.05) is 39.3 Å². The summed E-state index contributed by atoms with van der Waals surface area (Å²) < 4.78 is 1.72. The van der Waals surface area contributed by atoms with Gasteiger partial charge in [0.15, 0.2) is 0 Å². The fourth-order valence-electron chi connectivity index (χ4n) is 2.59. The molecule has 1 aliphatic heterocycles. The molecule has 1 fully saturated rings. The Bertz CT molecular complexity index is 602. The monoisotopic (exact) mass is 274 g/mol. The molecule has 2 aromatic rings. The van der Waals surface area contributed by atoms with Crippen LogP contribution >= 0.6 is 0 Å². The molecular formula is C14H18N4O2. The van der Waals surface area contributed by atoms with Crippen LogP contribution in [0.3, 0.4) is 0 Å². The molecule has 0 bridgehead atoms. The molecule has 1 saturated heterocycles. The van der Waals surface area contributed by atoms with E-state index in [0.29, 0.717) is 25.2 Å². The van der Waals surface area contributed by atoms with Gasteiger partial charge in [0.25, 0.3) is 5.91 Å². The first-order chi connectivity index (χ1) is 9.79. The summed E-state index contributed by atoms with van der Waals surface area (Å²) in [4.78, 5) is 16.6. The van der Waals surface area contributed by atoms with Crippen LogP contribution in [0.2, 0.25) is 0 Å². The van der Waals surface area contributed by atoms with E-state index < -0.39 is 0 Å². The zero-order valence-corrected chi connectivity index (χ0v) is 11.3. The summed E-state index contributed by atoms with van der Waals surface area (Å²) in [6.45, 7) is 3.86. The van der Waals surface area contributed by atoms with Gasteiger partial charge in [0.05, 0.1) is 23.9 Å². The number of amides is 1. The summed E-state index contributed by atoms with van der Waals surface area (Å²) in [5.74, 6) is 0.0369. The van der Waals surface area contributed by atoms with Crippen molar-refractivity contribution in [3.8, 4) is 0 Å². The van der Waals surface area contributed by atoms with Crippen molar-refractivity contribution in [1.82, 2.24) is 19.4 Å². The minimum absolute atomic E-state index is 0.0369. The fraction of sp³-hybridized carbons (Fsp3) is 0.429. The van der Waals surface area contributed by atoms with Crippen molar-refractivity contribution < 1.29 is 9.90 Å². The molecule has 0 aromatic carbocycles. The number of rotatable bonds is 3. The van der Waals surface area contributed by atoms with Crippen LogP contribution in [0.25, 0.3) is 5.52 Å². The van der Waals surface area contributed by atoms with Crippen LogP contribution in [-0.2, 0) is 0 Å². The molecule has 3 rings (SSSR count). The van der Waals surface area contributed by atoms with E-state index in [4.69, 9.17) is 5.11 Å². The van der Waals surface area contributed by atoms with E-state index in [2.05, 4.69) is 10.00 Å². The normalized spacial score (nSPS) is 16.8. The van der Waals surface area contributed by atoms with Gasteiger partial charge in [0.1, 0.15) is 0 Å². The van der Waals surface area contributed by atoms with E-state index in [-0.39, 0.29) is 12.5 Å². The number of aliphatic hydroxyl groups excluding tert-OH is 1. The second-order valence-corrected chi connectivity index (χ2v) is 4.95. The zero-order chi connectivity index (χ0) is 13.9. The van der Waals surface area contributed by atoms with Crippen molar-refractivity contribution in [3.63, 3.8) is 0 Å². The molecule has 0 atom stereocenters. The molecule has 1 amide bonds. The summed E-state index contributed by atoms with van der Waals surface area (Å²) in [6, 6.07) is 5.71. The molecule has 3 heterocycles. The van der Waals surface area contributed by atoms with Crippen LogP contribution in [0.15, 0.2) is 30.6 Å². The maximum Gasteiger partial charge on any atom is 0.257 e. The largest absolute Gasteiger partial charge is 0.395 e. The highest BCUT2D eigenvalue weighted by molar-refractivity contribution is 6.00. The number of nitrogens with zero attached hydrogens (tertiary/aromatic N) is 4. The van der Waals surface area contributed by atoms with Crippen LogP contribution in [0, 0.1) is 0 Å². The Hall–Kier alpha value is -1.92. The molecular weight excluding hydrogens is 256 g/mol. The van der Waals surface area contributed by atoms with Gasteiger partial charge in [-0.2, -0.15) is 5.10 Å². The summed E-state index contributed by atoms with van der Waals surface area (Å²) in [5, 5.41) is 13.1. The van der Waals surface area contributed by atoms with Gasteiger partial charge in [-0.1, -0.05) is 6.07 Å². The first-order valence-electron chi connectivity index (χ1n) is 6.84. The number of hydrogen-bond acceptors (Lipinski definition) is 4. The number of pyridine rings is 1. The maximum atomic E-state index is 12.5. The number of carbonyl (C=O) groups is 1. The molecule has 20 heavy (non-hydrogen) atoms. The van der Waals surface area contributed by atoms with Gasteiger partial charge in [0.2, 0.25) is 0 Å². The zero-order valence-electron chi connectivity index (χ0n) is 11.3. The smallest absolute Gasteiger partial charge is 0.257 e. The van der Waals surface area contributed by atoms with Crippen LogP contribution in [0.5, 0.6) is 0 Å². The van der Waals surface area contributed by atoms with Crippen LogP contribution in [0.1, 0.15) is 10.4 Å². The van der Waals surface area contributed by atoms with E-state index >= 15 is 0 Å². The van der Waals surface area contributed by atoms with Crippen molar-refractivity contribution in [1.29, 1.82) is 0 Å². The van der Waals surface area contributed by atoms with Gasteiger partial charge < -0.3 is 10.0 Å². The second kappa shape index (κ2) is 5.60. The van der Waals surface area contributed by atoms with Gasteiger partial charge >= 0.3 is 0 Å². The SMILES string of the molecule is O=C(c1cnn2ccccc12)N1CCN(CCO)CC1. The lowest BCUT2D eigenvalue weighted by Gasteiger charge is -2.34. The van der Waals surface area contributed by atoms with Crippen molar-refractivity contribution in [2.24, 2.45) is 0 Å². The number of hydrogen-bond donors (Lipinski definition) is 1. The Kier molecular flexibility index (Phi) is 3.66. The van der Waals surface area contributed by atoms with Gasteiger partial charge in [-0.15, -0.1) is 0 Å². The third-order valence-corrected chi connectivity index (χ3v) is 3.73. The third kappa shape index (κ3) is 2.39. The number of fused-ring (bicyclic) bond motifs is 1. The number of aromatic nitrogens is 2. The van der Waals surface area contributed by atoms with Crippen molar-refractivity contribution in [2.45, 2.75) is 0 Å². The number of aliphatic hydroxyl groups is 1. The predicted octanol–water partition coefficient (Wildman–Crippen LogP) is 0.0844. The lowest BCUT2D eigenvalue weighted by molar-refractivity contribution is 0.0617. The number of carbonyl (C=O) groups excluding carboxylic acids is 1. The molecule has 6 nitrogen and oxygen atoms in total. The Morgan fingerprint density at radius 2 is 2.05 bits per heavy atom. The fourth-order valence-corrected chi connectivity index (χ4v) is 2.59. The van der Waals surface area contributed by atoms with Crippen molar-refractivity contribution >= 4 is 11.4 Å². The minimum Gasteiger partial charge on any atom is -0.395 e. The van der Waals surface area contributed by atoms with E-state index in [9.17, 15) is 4.79 Å². The van der Waals surface area contributed by atoms with E-state index in [0.717, 1.165) is 18.6 Å². The topological polar surface area (TPSA) is 61.1 Å². The van der Waals surface area contributed by atoms with E-state index in [1.165, 1.54) is 0 Å². The highest BCUT2D eigenvalue weighted by atomic mass is 16.3. The van der Waals surface area contributed by atoms with Gasteiger partial charge in [-0.3, -0.25) is 9.69 Å². The highest BCUT2D eigenvalue weighted by Gasteiger charge is 2.23. The van der Waals surface area contributed by atoms with Gasteiger partial charge in [-0.25, -0.2) is 4.52 Å². The number of piperazine rings is 1. The lowest BCUT2D eigenvalue weighted by atomic mass is 10.2. The minimum atomic E-state index is 0.0369. The lowest BCUT2D eigenvalue weighted by Crippen LogP contribution is -2.49. The molecule has 6 heteroatoms. The highest BCUT2D eigenvalue weighted by Crippen LogP contribution is 2.14. The summed E-state index contributed by atoms with van der Waals surface area (Å²) in [5.41, 5.74) is 1.50. The Morgan fingerprint density at radius 3 is 2.80 bits per heavy atom. The molecule has 0 unspecified atom stereocenters. The number of β-amino-alcohol motifs (C(OH)–C–C–N with tert-alkyl or cyclic N) is 1. The van der Waals surface area contributed by atoms with Crippen LogP contribution in [-0.4, -0.2) is 69.8 Å². The summed E-state index contributed by atoms with van der Waals surface area (Å²) in [6.07, 6.45) is 3.48. The molecule has 2 aromatic heterocycles. The molecule has 0 saturated carbocycles. The Balaban J connectivity index is 1.74. The molecule has 106 valence electrons. The van der Waals surface area contributed by atoms with Gasteiger partial charge in [-0.05, 0) is 12.1 Å². The standard InChI is InChI=1S/C14H18N4O2/c19-10-9-16-5-7-17(8-6-16)14(20)12-11-15-18-4-2-1-3-13(12)18/h1-4,11,19H,5-10H2. The molecule has 1 N–H and O–H groups in total. The maximum absolute atomic E-state index is 12.5. The van der Waals surface area contributed by atoms with Crippen LogP contribution in [0.4, 0.5) is 0 Å². The Labute approximate surface area is 117 Å². The van der Waals surface area contributed by atoms with E-state index in [1.807, 2.05) is 29.3 Å². The average Bonchev–Trinajstić information content (AvgIpc) is 2.92. The van der Waals surface area contributed by atoms with Gasteiger partial charge in [0, 0.05) is 38.9 Å². The first kappa shape index (κ1) is 13.1. The van der Waals surface area contributed by atoms with Crippen LogP contribution < -0.4 is 0 Å². The predicted molar refractivity (Wildman–Crippen MR) is 74.6 cm³/mol. The summed E-state index contributed by atoms with van der Waals surface area (Å²) in [7, 11) is 0. The molecule has 1 aliphatic rings. The Morgan fingerprint density at radius 1 is 1.25 bits per heavy atom. The summed E-state index contributed by atoms with van der Waals surface area (Å²) >= 11 is 0. The molecule has 0 spiro atoms. The third-order valence-electron chi connectivity index (χ3n) is 3.73. The second-order valence-electron chi connectivity index (χ2n) is 4.95. The molecule has 0 radical (unpaired) electrons. The quantitative estimate of drug-likeness (QED) is 0.861.